The number of anilines is 1. The van der Waals surface area contributed by atoms with Crippen LogP contribution in [0.1, 0.15) is 69.4 Å². The molecule has 22 heavy (non-hydrogen) atoms. The highest BCUT2D eigenvalue weighted by Gasteiger charge is 2.20. The lowest BCUT2D eigenvalue weighted by Crippen LogP contribution is -2.27. The molecule has 0 spiro atoms. The van der Waals surface area contributed by atoms with Crippen LogP contribution in [0.3, 0.4) is 0 Å². The molecule has 0 aromatic carbocycles. The molecule has 1 aliphatic carbocycles. The van der Waals surface area contributed by atoms with Crippen LogP contribution in [-0.2, 0) is 4.79 Å². The van der Waals surface area contributed by atoms with Crippen molar-refractivity contribution in [3.63, 3.8) is 0 Å². The molecule has 6 heteroatoms. The molecule has 0 radical (unpaired) electrons. The number of H-pyrrole nitrogens is 1. The van der Waals surface area contributed by atoms with Crippen LogP contribution in [0.15, 0.2) is 6.07 Å². The minimum atomic E-state index is 0. The first kappa shape index (κ1) is 17.3. The molecule has 0 bridgehead atoms. The van der Waals surface area contributed by atoms with Gasteiger partial charge in [0, 0.05) is 30.1 Å². The van der Waals surface area contributed by atoms with Crippen molar-refractivity contribution < 1.29 is 4.79 Å². The van der Waals surface area contributed by atoms with E-state index in [1.54, 1.807) is 0 Å². The van der Waals surface area contributed by atoms with E-state index in [1.807, 2.05) is 6.07 Å². The molecule has 1 saturated heterocycles. The van der Waals surface area contributed by atoms with Crippen molar-refractivity contribution in [2.75, 3.05) is 11.9 Å². The third-order valence-electron chi connectivity index (χ3n) is 4.75. The molecule has 124 valence electrons. The molecular weight excluding hydrogens is 300 g/mol. The smallest absolute Gasteiger partial charge is 0.227 e. The van der Waals surface area contributed by atoms with E-state index in [4.69, 9.17) is 0 Å². The van der Waals surface area contributed by atoms with Crippen molar-refractivity contribution in [2.24, 2.45) is 0 Å². The number of aromatic amines is 1. The SMILES string of the molecule is Cl.O=C(CC1CCCN1)Nc1cc(C2CCCCCC2)[nH]n1. The van der Waals surface area contributed by atoms with Crippen molar-refractivity contribution in [1.29, 1.82) is 0 Å². The largest absolute Gasteiger partial charge is 0.313 e. The summed E-state index contributed by atoms with van der Waals surface area (Å²) in [5.74, 6) is 1.33. The molecule has 1 unspecified atom stereocenters. The first-order valence-corrected chi connectivity index (χ1v) is 8.40. The summed E-state index contributed by atoms with van der Waals surface area (Å²) < 4.78 is 0. The lowest BCUT2D eigenvalue weighted by Gasteiger charge is -2.10. The Morgan fingerprint density at radius 2 is 1.95 bits per heavy atom. The van der Waals surface area contributed by atoms with Gasteiger partial charge >= 0.3 is 0 Å². The number of carbonyl (C=O) groups excluding carboxylic acids is 1. The number of nitrogens with zero attached hydrogens (tertiary/aromatic N) is 1. The van der Waals surface area contributed by atoms with Gasteiger partial charge < -0.3 is 10.6 Å². The van der Waals surface area contributed by atoms with Crippen molar-refractivity contribution in [1.82, 2.24) is 15.5 Å². The van der Waals surface area contributed by atoms with Gasteiger partial charge in [0.15, 0.2) is 5.82 Å². The first-order valence-electron chi connectivity index (χ1n) is 8.40. The van der Waals surface area contributed by atoms with E-state index in [2.05, 4.69) is 20.8 Å². The van der Waals surface area contributed by atoms with E-state index in [0.29, 0.717) is 24.2 Å². The molecule has 5 nitrogen and oxygen atoms in total. The number of nitrogens with one attached hydrogen (secondary N) is 3. The Bertz CT molecular complexity index is 462. The Morgan fingerprint density at radius 3 is 2.64 bits per heavy atom. The first-order chi connectivity index (χ1) is 10.3. The zero-order valence-electron chi connectivity index (χ0n) is 13.1. The lowest BCUT2D eigenvalue weighted by atomic mass is 9.97. The average molecular weight is 327 g/mol. The Kier molecular flexibility index (Phi) is 6.70. The van der Waals surface area contributed by atoms with Gasteiger partial charge in [0.05, 0.1) is 0 Å². The Hall–Kier alpha value is -1.07. The fourth-order valence-corrected chi connectivity index (χ4v) is 3.55. The molecular formula is C16H27ClN4O. The summed E-state index contributed by atoms with van der Waals surface area (Å²) in [6.45, 7) is 1.03. The summed E-state index contributed by atoms with van der Waals surface area (Å²) in [5, 5.41) is 13.7. The quantitative estimate of drug-likeness (QED) is 0.743. The highest BCUT2D eigenvalue weighted by Crippen LogP contribution is 2.31. The van der Waals surface area contributed by atoms with Crippen LogP contribution in [0.2, 0.25) is 0 Å². The predicted octanol–water partition coefficient (Wildman–Crippen LogP) is 3.35. The van der Waals surface area contributed by atoms with Gasteiger partial charge in [-0.3, -0.25) is 9.89 Å². The molecule has 1 aromatic rings. The zero-order chi connectivity index (χ0) is 14.5. The average Bonchev–Trinajstić information content (AvgIpc) is 3.05. The second kappa shape index (κ2) is 8.53. The van der Waals surface area contributed by atoms with Gasteiger partial charge in [-0.1, -0.05) is 25.7 Å². The summed E-state index contributed by atoms with van der Waals surface area (Å²) >= 11 is 0. The monoisotopic (exact) mass is 326 g/mol. The van der Waals surface area contributed by atoms with Crippen LogP contribution in [-0.4, -0.2) is 28.7 Å². The molecule has 2 fully saturated rings. The van der Waals surface area contributed by atoms with E-state index in [9.17, 15) is 4.79 Å². The minimum Gasteiger partial charge on any atom is -0.313 e. The topological polar surface area (TPSA) is 69.8 Å². The Morgan fingerprint density at radius 1 is 1.18 bits per heavy atom. The van der Waals surface area contributed by atoms with E-state index in [-0.39, 0.29) is 18.3 Å². The summed E-state index contributed by atoms with van der Waals surface area (Å²) in [6.07, 6.45) is 10.6. The lowest BCUT2D eigenvalue weighted by molar-refractivity contribution is -0.116. The van der Waals surface area contributed by atoms with Gasteiger partial charge in [-0.15, -0.1) is 12.4 Å². The molecule has 3 N–H and O–H groups in total. The normalized spacial score (nSPS) is 22.8. The minimum absolute atomic E-state index is 0. The van der Waals surface area contributed by atoms with Gasteiger partial charge in [-0.25, -0.2) is 0 Å². The molecule has 2 heterocycles. The summed E-state index contributed by atoms with van der Waals surface area (Å²) in [5.41, 5.74) is 1.19. The van der Waals surface area contributed by atoms with Gasteiger partial charge in [-0.2, -0.15) is 5.10 Å². The third-order valence-corrected chi connectivity index (χ3v) is 4.75. The third kappa shape index (κ3) is 4.71. The van der Waals surface area contributed by atoms with Crippen molar-refractivity contribution in [3.8, 4) is 0 Å². The highest BCUT2D eigenvalue weighted by molar-refractivity contribution is 5.90. The number of rotatable bonds is 4. The maximum atomic E-state index is 12.0. The van der Waals surface area contributed by atoms with Gasteiger partial charge in [0.2, 0.25) is 5.91 Å². The summed E-state index contributed by atoms with van der Waals surface area (Å²) in [4.78, 5) is 12.0. The molecule has 1 aliphatic heterocycles. The van der Waals surface area contributed by atoms with E-state index >= 15 is 0 Å². The maximum absolute atomic E-state index is 12.0. The van der Waals surface area contributed by atoms with Crippen LogP contribution in [0.4, 0.5) is 5.82 Å². The molecule has 2 aliphatic rings. The van der Waals surface area contributed by atoms with Crippen molar-refractivity contribution in [2.45, 2.75) is 69.7 Å². The highest BCUT2D eigenvalue weighted by atomic mass is 35.5. The summed E-state index contributed by atoms with van der Waals surface area (Å²) in [6, 6.07) is 2.36. The number of amides is 1. The van der Waals surface area contributed by atoms with Crippen LogP contribution in [0.5, 0.6) is 0 Å². The second-order valence-electron chi connectivity index (χ2n) is 6.44. The molecule has 1 saturated carbocycles. The number of halogens is 1. The van der Waals surface area contributed by atoms with Crippen molar-refractivity contribution in [3.05, 3.63) is 11.8 Å². The van der Waals surface area contributed by atoms with Gasteiger partial charge in [0.1, 0.15) is 0 Å². The van der Waals surface area contributed by atoms with Gasteiger partial charge in [-0.05, 0) is 32.2 Å². The van der Waals surface area contributed by atoms with E-state index in [0.717, 1.165) is 13.0 Å². The van der Waals surface area contributed by atoms with Crippen LogP contribution in [0.25, 0.3) is 0 Å². The Labute approximate surface area is 138 Å². The number of aromatic nitrogens is 2. The van der Waals surface area contributed by atoms with E-state index < -0.39 is 0 Å². The fourth-order valence-electron chi connectivity index (χ4n) is 3.55. The number of hydrogen-bond acceptors (Lipinski definition) is 3. The van der Waals surface area contributed by atoms with Crippen LogP contribution >= 0.6 is 12.4 Å². The standard InChI is InChI=1S/C16H26N4O.ClH/c21-16(10-13-8-5-9-17-13)18-15-11-14(19-20-15)12-6-3-1-2-4-7-12;/h11-13,17H,1-10H2,(H2,18,19,20,21);1H. The number of hydrogen-bond donors (Lipinski definition) is 3. The van der Waals surface area contributed by atoms with Gasteiger partial charge in [0.25, 0.3) is 0 Å². The molecule has 1 amide bonds. The zero-order valence-corrected chi connectivity index (χ0v) is 13.9. The van der Waals surface area contributed by atoms with Crippen LogP contribution < -0.4 is 10.6 Å². The van der Waals surface area contributed by atoms with E-state index in [1.165, 1.54) is 50.6 Å². The second-order valence-corrected chi connectivity index (χ2v) is 6.44. The molecule has 1 aromatic heterocycles. The van der Waals surface area contributed by atoms with Crippen molar-refractivity contribution >= 4 is 24.1 Å². The number of carbonyl (C=O) groups is 1. The molecule has 1 atom stereocenters. The predicted molar refractivity (Wildman–Crippen MR) is 90.6 cm³/mol. The fraction of sp³-hybridized carbons (Fsp3) is 0.750. The maximum Gasteiger partial charge on any atom is 0.227 e. The molecule has 3 rings (SSSR count). The van der Waals surface area contributed by atoms with Crippen LogP contribution in [0, 0.1) is 0 Å². The summed E-state index contributed by atoms with van der Waals surface area (Å²) in [7, 11) is 0. The Balaban J connectivity index is 0.00000176.